The van der Waals surface area contributed by atoms with Gasteiger partial charge in [0.15, 0.2) is 0 Å². The van der Waals surface area contributed by atoms with E-state index >= 15 is 0 Å². The fourth-order valence-corrected chi connectivity index (χ4v) is 4.79. The SMILES string of the molecule is CC1(C)c2ccc(N(c3ccccc3)c3ccccc3)cc2C(C)(C)C1(C)C. The Morgan fingerprint density at radius 1 is 0.500 bits per heavy atom. The highest BCUT2D eigenvalue weighted by atomic mass is 15.1. The van der Waals surface area contributed by atoms with Gasteiger partial charge >= 0.3 is 0 Å². The van der Waals surface area contributed by atoms with Crippen LogP contribution in [-0.2, 0) is 10.8 Å². The van der Waals surface area contributed by atoms with Gasteiger partial charge < -0.3 is 4.90 Å². The molecule has 1 heteroatoms. The Balaban J connectivity index is 1.92. The third kappa shape index (κ3) is 2.53. The Labute approximate surface area is 170 Å². The van der Waals surface area contributed by atoms with E-state index in [0.717, 1.165) is 0 Å². The largest absolute Gasteiger partial charge is 0.310 e. The van der Waals surface area contributed by atoms with Crippen LogP contribution in [0.15, 0.2) is 78.9 Å². The first kappa shape index (κ1) is 18.8. The zero-order valence-electron chi connectivity index (χ0n) is 18.0. The van der Waals surface area contributed by atoms with Gasteiger partial charge in [0.05, 0.1) is 0 Å². The molecule has 1 nitrogen and oxygen atoms in total. The number of hydrogen-bond acceptors (Lipinski definition) is 1. The number of rotatable bonds is 3. The smallest absolute Gasteiger partial charge is 0.0464 e. The van der Waals surface area contributed by atoms with Crippen molar-refractivity contribution in [2.45, 2.75) is 52.4 Å². The van der Waals surface area contributed by atoms with Gasteiger partial charge in [-0.25, -0.2) is 0 Å². The summed E-state index contributed by atoms with van der Waals surface area (Å²) in [6.45, 7) is 14.4. The van der Waals surface area contributed by atoms with Crippen LogP contribution in [0.2, 0.25) is 0 Å². The molecule has 0 fully saturated rings. The summed E-state index contributed by atoms with van der Waals surface area (Å²) in [5.74, 6) is 0. The lowest BCUT2D eigenvalue weighted by atomic mass is 9.59. The molecule has 1 aliphatic rings. The molecule has 0 saturated carbocycles. The summed E-state index contributed by atoms with van der Waals surface area (Å²) in [5.41, 5.74) is 6.94. The fourth-order valence-electron chi connectivity index (χ4n) is 4.79. The monoisotopic (exact) mass is 369 g/mol. The number of anilines is 3. The predicted molar refractivity (Wildman–Crippen MR) is 121 cm³/mol. The third-order valence-electron chi connectivity index (χ3n) is 7.76. The standard InChI is InChI=1S/C27H31N/c1-25(2)23-18-17-22(19-24(23)26(3,4)27(25,5)6)28(20-13-9-7-10-14-20)21-15-11-8-12-16-21/h7-19H,1-6H3. The van der Waals surface area contributed by atoms with Crippen molar-refractivity contribution in [2.75, 3.05) is 4.90 Å². The van der Waals surface area contributed by atoms with E-state index in [0.29, 0.717) is 0 Å². The minimum absolute atomic E-state index is 0.0981. The number of hydrogen-bond donors (Lipinski definition) is 0. The second-order valence-corrected chi connectivity index (χ2v) is 9.61. The first-order valence-electron chi connectivity index (χ1n) is 10.2. The van der Waals surface area contributed by atoms with Crippen LogP contribution < -0.4 is 4.90 Å². The van der Waals surface area contributed by atoms with Gasteiger partial charge in [-0.15, -0.1) is 0 Å². The molecule has 1 aliphatic carbocycles. The Hall–Kier alpha value is -2.54. The highest BCUT2D eigenvalue weighted by molar-refractivity contribution is 5.77. The van der Waals surface area contributed by atoms with E-state index in [2.05, 4.69) is 125 Å². The van der Waals surface area contributed by atoms with Gasteiger partial charge in [0.1, 0.15) is 0 Å². The number of nitrogens with zero attached hydrogens (tertiary/aromatic N) is 1. The normalized spacial score (nSPS) is 18.5. The number of para-hydroxylation sites is 2. The lowest BCUT2D eigenvalue weighted by Gasteiger charge is -2.44. The van der Waals surface area contributed by atoms with E-state index in [9.17, 15) is 0 Å². The van der Waals surface area contributed by atoms with Gasteiger partial charge in [0, 0.05) is 17.1 Å². The zero-order valence-corrected chi connectivity index (χ0v) is 18.0. The maximum Gasteiger partial charge on any atom is 0.0464 e. The van der Waals surface area contributed by atoms with Gasteiger partial charge in [-0.05, 0) is 63.8 Å². The molecule has 28 heavy (non-hydrogen) atoms. The molecule has 0 radical (unpaired) electrons. The molecule has 0 aromatic heterocycles. The van der Waals surface area contributed by atoms with Gasteiger partial charge in [-0.3, -0.25) is 0 Å². The van der Waals surface area contributed by atoms with E-state index in [-0.39, 0.29) is 16.2 Å². The number of fused-ring (bicyclic) bond motifs is 1. The molecule has 3 aromatic carbocycles. The van der Waals surface area contributed by atoms with Crippen LogP contribution in [0.25, 0.3) is 0 Å². The van der Waals surface area contributed by atoms with E-state index in [1.165, 1.54) is 28.2 Å². The van der Waals surface area contributed by atoms with Crippen LogP contribution in [0.1, 0.15) is 52.7 Å². The van der Waals surface area contributed by atoms with Gasteiger partial charge in [-0.2, -0.15) is 0 Å². The molecule has 0 N–H and O–H groups in total. The van der Waals surface area contributed by atoms with Crippen molar-refractivity contribution in [1.29, 1.82) is 0 Å². The predicted octanol–water partition coefficient (Wildman–Crippen LogP) is 7.75. The molecule has 3 aromatic rings. The summed E-state index contributed by atoms with van der Waals surface area (Å²) in [4.78, 5) is 2.36. The second-order valence-electron chi connectivity index (χ2n) is 9.61. The zero-order chi connectivity index (χ0) is 20.2. The molecule has 144 valence electrons. The van der Waals surface area contributed by atoms with Gasteiger partial charge in [-0.1, -0.05) is 84.0 Å². The average Bonchev–Trinajstić information content (AvgIpc) is 2.79. The topological polar surface area (TPSA) is 3.24 Å². The molecular weight excluding hydrogens is 338 g/mol. The maximum absolute atomic E-state index is 2.42. The van der Waals surface area contributed by atoms with Gasteiger partial charge in [0.25, 0.3) is 0 Å². The summed E-state index contributed by atoms with van der Waals surface area (Å²) < 4.78 is 0. The van der Waals surface area contributed by atoms with Crippen molar-refractivity contribution < 1.29 is 0 Å². The lowest BCUT2D eigenvalue weighted by Crippen LogP contribution is -2.42. The summed E-state index contributed by atoms with van der Waals surface area (Å²) >= 11 is 0. The molecule has 0 amide bonds. The van der Waals surface area contributed by atoms with Crippen LogP contribution in [0.3, 0.4) is 0 Å². The van der Waals surface area contributed by atoms with Crippen LogP contribution in [0.4, 0.5) is 17.1 Å². The highest BCUT2D eigenvalue weighted by Gasteiger charge is 2.56. The first-order valence-corrected chi connectivity index (χ1v) is 10.2. The number of benzene rings is 3. The molecular formula is C27H31N. The van der Waals surface area contributed by atoms with Gasteiger partial charge in [0.2, 0.25) is 0 Å². The van der Waals surface area contributed by atoms with E-state index in [4.69, 9.17) is 0 Å². The van der Waals surface area contributed by atoms with E-state index in [1.807, 2.05) is 0 Å². The fraction of sp³-hybridized carbons (Fsp3) is 0.333. The Kier molecular flexibility index (Phi) is 4.19. The lowest BCUT2D eigenvalue weighted by molar-refractivity contribution is 0.125. The molecule has 0 unspecified atom stereocenters. The van der Waals surface area contributed by atoms with Crippen LogP contribution in [-0.4, -0.2) is 0 Å². The minimum atomic E-state index is 0.0981. The minimum Gasteiger partial charge on any atom is -0.310 e. The summed E-state index contributed by atoms with van der Waals surface area (Å²) in [6, 6.07) is 28.4. The van der Waals surface area contributed by atoms with Crippen LogP contribution in [0.5, 0.6) is 0 Å². The summed E-state index contributed by atoms with van der Waals surface area (Å²) in [6.07, 6.45) is 0. The van der Waals surface area contributed by atoms with Crippen molar-refractivity contribution in [3.8, 4) is 0 Å². The first-order chi connectivity index (χ1) is 13.2. The molecule has 4 rings (SSSR count). The van der Waals surface area contributed by atoms with Crippen molar-refractivity contribution >= 4 is 17.1 Å². The Bertz CT molecular complexity index is 942. The van der Waals surface area contributed by atoms with E-state index < -0.39 is 0 Å². The Morgan fingerprint density at radius 2 is 0.964 bits per heavy atom. The van der Waals surface area contributed by atoms with Crippen molar-refractivity contribution in [3.05, 3.63) is 90.0 Å². The second kappa shape index (κ2) is 6.24. The average molecular weight is 370 g/mol. The van der Waals surface area contributed by atoms with Crippen LogP contribution >= 0.6 is 0 Å². The van der Waals surface area contributed by atoms with Crippen LogP contribution in [0, 0.1) is 5.41 Å². The molecule has 0 bridgehead atoms. The molecule has 0 heterocycles. The maximum atomic E-state index is 2.42. The van der Waals surface area contributed by atoms with Crippen molar-refractivity contribution in [3.63, 3.8) is 0 Å². The molecule has 0 atom stereocenters. The Morgan fingerprint density at radius 3 is 1.46 bits per heavy atom. The van der Waals surface area contributed by atoms with E-state index in [1.54, 1.807) is 0 Å². The molecule has 0 spiro atoms. The summed E-state index contributed by atoms with van der Waals surface area (Å²) in [7, 11) is 0. The third-order valence-corrected chi connectivity index (χ3v) is 7.76. The van der Waals surface area contributed by atoms with Crippen molar-refractivity contribution in [1.82, 2.24) is 0 Å². The van der Waals surface area contributed by atoms with Crippen molar-refractivity contribution in [2.24, 2.45) is 5.41 Å². The quantitative estimate of drug-likeness (QED) is 0.456. The molecule has 0 aliphatic heterocycles. The highest BCUT2D eigenvalue weighted by Crippen LogP contribution is 2.62. The summed E-state index contributed by atoms with van der Waals surface area (Å²) in [5, 5.41) is 0. The molecule has 0 saturated heterocycles.